The molecule has 1 N–H and O–H groups in total. The largest absolute Gasteiger partial charge is 0.325 e. The van der Waals surface area contributed by atoms with Crippen molar-refractivity contribution in [2.45, 2.75) is 52.2 Å². The van der Waals surface area contributed by atoms with E-state index in [9.17, 15) is 19.2 Å². The van der Waals surface area contributed by atoms with Crippen LogP contribution in [-0.2, 0) is 16.1 Å². The lowest BCUT2D eigenvalue weighted by Gasteiger charge is -2.27. The first kappa shape index (κ1) is 26.9. The van der Waals surface area contributed by atoms with Crippen LogP contribution >= 0.6 is 15.9 Å². The molecule has 2 amide bonds. The maximum Gasteiger partial charge on any atom is 0.248 e. The Kier molecular flexibility index (Phi) is 6.52. The van der Waals surface area contributed by atoms with Gasteiger partial charge in [0.2, 0.25) is 11.8 Å². The number of rotatable bonds is 7. The average molecular weight is 616 g/mol. The molecule has 12 heteroatoms. The zero-order valence-corrected chi connectivity index (χ0v) is 24.2. The summed E-state index contributed by atoms with van der Waals surface area (Å²) in [5.41, 5.74) is 2.60. The van der Waals surface area contributed by atoms with Crippen molar-refractivity contribution in [1.82, 2.24) is 29.6 Å². The summed E-state index contributed by atoms with van der Waals surface area (Å²) in [6, 6.07) is 7.93. The first-order valence-corrected chi connectivity index (χ1v) is 13.9. The lowest BCUT2D eigenvalue weighted by Crippen LogP contribution is -2.47. The number of ketones is 1. The van der Waals surface area contributed by atoms with E-state index in [1.165, 1.54) is 11.6 Å². The van der Waals surface area contributed by atoms with E-state index < -0.39 is 11.9 Å². The predicted octanol–water partition coefficient (Wildman–Crippen LogP) is 3.99. The second kappa shape index (κ2) is 9.95. The fourth-order valence-electron chi connectivity index (χ4n) is 5.69. The van der Waals surface area contributed by atoms with Crippen molar-refractivity contribution in [3.05, 3.63) is 64.4 Å². The lowest BCUT2D eigenvalue weighted by molar-refractivity contribution is -0.138. The van der Waals surface area contributed by atoms with E-state index in [1.54, 1.807) is 36.4 Å². The summed E-state index contributed by atoms with van der Waals surface area (Å²) in [7, 11) is 0. The van der Waals surface area contributed by atoms with E-state index >= 15 is 0 Å². The number of likely N-dealkylation sites (tertiary alicyclic amines) is 1. The number of hydrogen-bond donors (Lipinski definition) is 1. The summed E-state index contributed by atoms with van der Waals surface area (Å²) in [4.78, 5) is 65.6. The van der Waals surface area contributed by atoms with Gasteiger partial charge in [0.05, 0.1) is 11.1 Å². The topological polar surface area (TPSA) is 140 Å². The van der Waals surface area contributed by atoms with Crippen LogP contribution in [0.2, 0.25) is 0 Å². The van der Waals surface area contributed by atoms with E-state index in [4.69, 9.17) is 0 Å². The average Bonchev–Trinajstić information content (AvgIpc) is 3.30. The van der Waals surface area contributed by atoms with Crippen molar-refractivity contribution in [2.24, 2.45) is 5.41 Å². The second-order valence-corrected chi connectivity index (χ2v) is 11.7. The number of nitrogens with zero attached hydrogens (tertiary/aromatic N) is 6. The van der Waals surface area contributed by atoms with Crippen LogP contribution in [0.3, 0.4) is 0 Å². The summed E-state index contributed by atoms with van der Waals surface area (Å²) < 4.78 is 1.99. The molecule has 1 aromatic carbocycles. The fraction of sp³-hybridized carbons (Fsp3) is 0.310. The molecule has 1 saturated carbocycles. The van der Waals surface area contributed by atoms with E-state index in [0.29, 0.717) is 34.0 Å². The minimum Gasteiger partial charge on any atom is -0.325 e. The third-order valence-electron chi connectivity index (χ3n) is 7.97. The monoisotopic (exact) mass is 615 g/mol. The Balaban J connectivity index is 1.29. The highest BCUT2D eigenvalue weighted by atomic mass is 79.9. The van der Waals surface area contributed by atoms with Crippen LogP contribution in [0.5, 0.6) is 0 Å². The Morgan fingerprint density at radius 3 is 2.59 bits per heavy atom. The van der Waals surface area contributed by atoms with Gasteiger partial charge in [-0.2, -0.15) is 5.10 Å². The molecule has 2 fully saturated rings. The number of aldehydes is 1. The van der Waals surface area contributed by atoms with Gasteiger partial charge >= 0.3 is 0 Å². The third-order valence-corrected chi connectivity index (χ3v) is 8.41. The van der Waals surface area contributed by atoms with Gasteiger partial charge in [0.15, 0.2) is 12.1 Å². The van der Waals surface area contributed by atoms with Crippen molar-refractivity contribution in [3.8, 4) is 11.1 Å². The van der Waals surface area contributed by atoms with Gasteiger partial charge in [-0.15, -0.1) is 0 Å². The molecule has 1 aliphatic carbocycles. The first-order chi connectivity index (χ1) is 19.6. The van der Waals surface area contributed by atoms with Gasteiger partial charge in [0.1, 0.15) is 34.5 Å². The maximum atomic E-state index is 13.8. The lowest BCUT2D eigenvalue weighted by atomic mass is 10.0. The minimum atomic E-state index is -0.728. The smallest absolute Gasteiger partial charge is 0.248 e. The van der Waals surface area contributed by atoms with Gasteiger partial charge < -0.3 is 10.2 Å². The standard InChI is InChI=1S/C29H26BrN7O4/c1-15(39)26-20-8-17(19-11-31-16(2)32-12-19)4-6-21(20)36(35-26)13-25(40)37-22(9-29(3)10-23(29)37)28(41)34-27-18(14-38)5-7-24(30)33-27/h4-8,11-12,14,22-23H,9-10,13H2,1-3H3,(H,33,34,41)/t22-,23+,29-/m0/s1. The van der Waals surface area contributed by atoms with Crippen LogP contribution in [0, 0.1) is 12.3 Å². The summed E-state index contributed by atoms with van der Waals surface area (Å²) in [5.74, 6) is -0.108. The number of hydrogen-bond acceptors (Lipinski definition) is 8. The van der Waals surface area contributed by atoms with Gasteiger partial charge in [-0.1, -0.05) is 13.0 Å². The highest BCUT2D eigenvalue weighted by Gasteiger charge is 2.64. The van der Waals surface area contributed by atoms with Crippen LogP contribution < -0.4 is 5.32 Å². The highest BCUT2D eigenvalue weighted by molar-refractivity contribution is 9.10. The van der Waals surface area contributed by atoms with Crippen LogP contribution in [0.4, 0.5) is 5.82 Å². The summed E-state index contributed by atoms with van der Waals surface area (Å²) in [6.07, 6.45) is 5.37. The number of aryl methyl sites for hydroxylation is 1. The molecular formula is C29H26BrN7O4. The number of halogens is 1. The number of aromatic nitrogens is 5. The molecule has 4 heterocycles. The minimum absolute atomic E-state index is 0.0750. The Bertz CT molecular complexity index is 1750. The van der Waals surface area contributed by atoms with Crippen molar-refractivity contribution < 1.29 is 19.2 Å². The van der Waals surface area contributed by atoms with Gasteiger partial charge in [0.25, 0.3) is 0 Å². The molecule has 41 heavy (non-hydrogen) atoms. The first-order valence-electron chi connectivity index (χ1n) is 13.1. The Hall–Kier alpha value is -4.32. The molecule has 3 atom stereocenters. The van der Waals surface area contributed by atoms with Crippen molar-refractivity contribution in [3.63, 3.8) is 0 Å². The Morgan fingerprint density at radius 2 is 1.88 bits per heavy atom. The van der Waals surface area contributed by atoms with Crippen molar-refractivity contribution in [2.75, 3.05) is 5.32 Å². The maximum absolute atomic E-state index is 13.8. The number of anilines is 1. The number of nitrogens with one attached hydrogen (secondary N) is 1. The number of benzene rings is 1. The molecule has 1 saturated heterocycles. The molecule has 6 rings (SSSR count). The van der Waals surface area contributed by atoms with Gasteiger partial charge in [-0.05, 0) is 70.9 Å². The predicted molar refractivity (Wildman–Crippen MR) is 153 cm³/mol. The van der Waals surface area contributed by atoms with Crippen LogP contribution in [0.25, 0.3) is 22.0 Å². The quantitative estimate of drug-likeness (QED) is 0.187. The van der Waals surface area contributed by atoms with Gasteiger partial charge in [-0.3, -0.25) is 23.9 Å². The molecule has 2 aliphatic rings. The molecule has 3 aromatic heterocycles. The zero-order valence-electron chi connectivity index (χ0n) is 22.6. The zero-order chi connectivity index (χ0) is 29.1. The molecule has 1 aliphatic heterocycles. The number of amides is 2. The second-order valence-electron chi connectivity index (χ2n) is 10.9. The van der Waals surface area contributed by atoms with Crippen LogP contribution in [-0.4, -0.2) is 65.6 Å². The Morgan fingerprint density at radius 1 is 1.12 bits per heavy atom. The van der Waals surface area contributed by atoms with Gasteiger partial charge in [-0.25, -0.2) is 15.0 Å². The summed E-state index contributed by atoms with van der Waals surface area (Å²) >= 11 is 3.27. The number of carbonyl (C=O) groups excluding carboxylic acids is 4. The molecule has 0 radical (unpaired) electrons. The summed E-state index contributed by atoms with van der Waals surface area (Å²) in [6.45, 7) is 5.17. The third kappa shape index (κ3) is 4.82. The number of carbonyl (C=O) groups is 4. The number of fused-ring (bicyclic) bond motifs is 2. The number of pyridine rings is 1. The van der Waals surface area contributed by atoms with E-state index in [-0.39, 0.29) is 46.8 Å². The van der Waals surface area contributed by atoms with Crippen LogP contribution in [0.15, 0.2) is 47.3 Å². The number of piperidine rings is 1. The van der Waals surface area contributed by atoms with E-state index in [1.807, 2.05) is 18.2 Å². The molecular weight excluding hydrogens is 590 g/mol. The summed E-state index contributed by atoms with van der Waals surface area (Å²) in [5, 5.41) is 7.87. The molecule has 11 nitrogen and oxygen atoms in total. The molecule has 0 spiro atoms. The van der Waals surface area contributed by atoms with Crippen LogP contribution in [0.1, 0.15) is 53.4 Å². The van der Waals surface area contributed by atoms with Crippen molar-refractivity contribution in [1.29, 1.82) is 0 Å². The molecule has 0 bridgehead atoms. The highest BCUT2D eigenvalue weighted by Crippen LogP contribution is 2.59. The van der Waals surface area contributed by atoms with E-state index in [2.05, 4.69) is 48.2 Å². The fourth-order valence-corrected chi connectivity index (χ4v) is 6.00. The SMILES string of the molecule is CC(=O)c1nn(CC(=O)N2[C@H](C(=O)Nc3nc(Br)ccc3C=O)C[C@@]3(C)C[C@@H]23)c2ccc(-c3cnc(C)nc3)cc12. The molecule has 208 valence electrons. The normalized spacial score (nSPS) is 21.0. The number of Topliss-reactive ketones (excluding diaryl/α,β-unsaturated/α-hetero) is 1. The van der Waals surface area contributed by atoms with Gasteiger partial charge in [0, 0.05) is 36.3 Å². The molecule has 0 unspecified atom stereocenters. The molecule has 4 aromatic rings. The van der Waals surface area contributed by atoms with E-state index in [0.717, 1.165) is 17.5 Å². The van der Waals surface area contributed by atoms with Crippen molar-refractivity contribution >= 4 is 56.5 Å². The Labute approximate surface area is 243 Å².